The molecule has 0 nitrogen and oxygen atoms in total. The summed E-state index contributed by atoms with van der Waals surface area (Å²) in [5.41, 5.74) is 3.63. The van der Waals surface area contributed by atoms with E-state index in [1.54, 1.807) is 0 Å². The van der Waals surface area contributed by atoms with E-state index in [0.29, 0.717) is 0 Å². The van der Waals surface area contributed by atoms with Gasteiger partial charge in [0.15, 0.2) is 0 Å². The number of halogens is 2. The van der Waals surface area contributed by atoms with Gasteiger partial charge in [0.2, 0.25) is 0 Å². The van der Waals surface area contributed by atoms with Crippen molar-refractivity contribution in [1.29, 1.82) is 0 Å². The summed E-state index contributed by atoms with van der Waals surface area (Å²) in [5, 5.41) is 0.889. The van der Waals surface area contributed by atoms with Gasteiger partial charge in [-0.05, 0) is 55.4 Å². The molecule has 0 heterocycles. The average molecular weight is 299 g/mol. The van der Waals surface area contributed by atoms with Crippen LogP contribution in [0.15, 0.2) is 12.1 Å². The first kappa shape index (κ1) is 15.2. The van der Waals surface area contributed by atoms with E-state index < -0.39 is 0 Å². The molecule has 0 aliphatic heterocycles. The molecule has 1 saturated carbocycles. The van der Waals surface area contributed by atoms with Gasteiger partial charge in [-0.1, -0.05) is 49.8 Å². The third kappa shape index (κ3) is 4.13. The van der Waals surface area contributed by atoms with Crippen molar-refractivity contribution in [3.63, 3.8) is 0 Å². The molecule has 106 valence electrons. The second kappa shape index (κ2) is 6.99. The Labute approximate surface area is 127 Å². The normalized spacial score (nSPS) is 18.5. The molecular formula is C17H24Cl2. The zero-order valence-corrected chi connectivity index (χ0v) is 13.5. The van der Waals surface area contributed by atoms with E-state index >= 15 is 0 Å². The van der Waals surface area contributed by atoms with Gasteiger partial charge in [-0.2, -0.15) is 0 Å². The quantitative estimate of drug-likeness (QED) is 0.550. The van der Waals surface area contributed by atoms with Crippen LogP contribution in [0.3, 0.4) is 0 Å². The minimum Gasteiger partial charge on any atom is -0.118 e. The molecule has 19 heavy (non-hydrogen) atoms. The van der Waals surface area contributed by atoms with E-state index in [-0.39, 0.29) is 5.38 Å². The summed E-state index contributed by atoms with van der Waals surface area (Å²) in [5.74, 6) is 0.889. The second-order valence-corrected chi connectivity index (χ2v) is 6.94. The van der Waals surface area contributed by atoms with Crippen LogP contribution in [0.4, 0.5) is 0 Å². The Bertz CT molecular complexity index is 420. The van der Waals surface area contributed by atoms with Crippen LogP contribution >= 0.6 is 23.2 Å². The zero-order chi connectivity index (χ0) is 13.8. The van der Waals surface area contributed by atoms with E-state index in [1.165, 1.54) is 49.7 Å². The van der Waals surface area contributed by atoms with Crippen molar-refractivity contribution >= 4 is 23.2 Å². The Hall–Kier alpha value is -0.200. The van der Waals surface area contributed by atoms with Crippen LogP contribution < -0.4 is 0 Å². The zero-order valence-electron chi connectivity index (χ0n) is 12.0. The van der Waals surface area contributed by atoms with Crippen molar-refractivity contribution < 1.29 is 0 Å². The summed E-state index contributed by atoms with van der Waals surface area (Å²) in [6.07, 6.45) is 9.31. The Kier molecular flexibility index (Phi) is 5.59. The van der Waals surface area contributed by atoms with E-state index in [0.717, 1.165) is 22.9 Å². The fourth-order valence-electron chi connectivity index (χ4n) is 3.06. The lowest BCUT2D eigenvalue weighted by Crippen LogP contribution is -2.07. The number of alkyl halides is 1. The molecule has 1 aromatic carbocycles. The third-order valence-corrected chi connectivity index (χ3v) is 5.28. The Morgan fingerprint density at radius 3 is 2.42 bits per heavy atom. The Balaban J connectivity index is 1.95. The van der Waals surface area contributed by atoms with Crippen LogP contribution in [0.25, 0.3) is 0 Å². The van der Waals surface area contributed by atoms with Gasteiger partial charge >= 0.3 is 0 Å². The minimum absolute atomic E-state index is 0.0636. The highest BCUT2D eigenvalue weighted by molar-refractivity contribution is 6.32. The lowest BCUT2D eigenvalue weighted by molar-refractivity contribution is 0.331. The predicted molar refractivity (Wildman–Crippen MR) is 85.3 cm³/mol. The number of aryl methyl sites for hydroxylation is 2. The molecule has 0 spiro atoms. The van der Waals surface area contributed by atoms with Gasteiger partial charge in [0.05, 0.1) is 5.38 Å². The van der Waals surface area contributed by atoms with Crippen LogP contribution in [-0.2, 0) is 0 Å². The van der Waals surface area contributed by atoms with Crippen molar-refractivity contribution in [3.8, 4) is 0 Å². The molecule has 1 atom stereocenters. The Morgan fingerprint density at radius 1 is 1.11 bits per heavy atom. The maximum absolute atomic E-state index is 6.57. The molecule has 2 rings (SSSR count). The van der Waals surface area contributed by atoms with E-state index in [2.05, 4.69) is 19.9 Å². The summed E-state index contributed by atoms with van der Waals surface area (Å²) in [4.78, 5) is 0. The predicted octanol–water partition coefficient (Wildman–Crippen LogP) is 6.60. The van der Waals surface area contributed by atoms with Crippen molar-refractivity contribution in [1.82, 2.24) is 0 Å². The van der Waals surface area contributed by atoms with E-state index in [1.807, 2.05) is 6.07 Å². The smallest absolute Gasteiger partial charge is 0.0600 e. The lowest BCUT2D eigenvalue weighted by Gasteiger charge is -2.23. The number of benzene rings is 1. The highest BCUT2D eigenvalue weighted by Crippen LogP contribution is 2.36. The van der Waals surface area contributed by atoms with Gasteiger partial charge < -0.3 is 0 Å². The van der Waals surface area contributed by atoms with Crippen molar-refractivity contribution in [2.45, 2.75) is 64.2 Å². The van der Waals surface area contributed by atoms with Crippen molar-refractivity contribution in [2.24, 2.45) is 5.92 Å². The summed E-state index contributed by atoms with van der Waals surface area (Å²) in [7, 11) is 0. The molecule has 0 amide bonds. The summed E-state index contributed by atoms with van der Waals surface area (Å²) >= 11 is 12.9. The maximum Gasteiger partial charge on any atom is 0.0600 e. The molecule has 0 bridgehead atoms. The van der Waals surface area contributed by atoms with Gasteiger partial charge in [-0.3, -0.25) is 0 Å². The first-order valence-corrected chi connectivity index (χ1v) is 8.30. The molecule has 1 aromatic rings. The maximum atomic E-state index is 6.57. The minimum atomic E-state index is 0.0636. The summed E-state index contributed by atoms with van der Waals surface area (Å²) < 4.78 is 0. The molecule has 2 heteroatoms. The SMILES string of the molecule is Cc1cc(Cl)c(C(Cl)CCC2CCCCC2)cc1C. The van der Waals surface area contributed by atoms with Gasteiger partial charge in [0.25, 0.3) is 0 Å². The summed E-state index contributed by atoms with van der Waals surface area (Å²) in [6, 6.07) is 4.21. The van der Waals surface area contributed by atoms with E-state index in [9.17, 15) is 0 Å². The van der Waals surface area contributed by atoms with Crippen molar-refractivity contribution in [2.75, 3.05) is 0 Å². The first-order valence-electron chi connectivity index (χ1n) is 7.48. The fraction of sp³-hybridized carbons (Fsp3) is 0.647. The third-order valence-electron chi connectivity index (χ3n) is 4.50. The average Bonchev–Trinajstić information content (AvgIpc) is 2.41. The molecule has 1 aliphatic carbocycles. The van der Waals surface area contributed by atoms with Gasteiger partial charge in [-0.25, -0.2) is 0 Å². The standard InChI is InChI=1S/C17H24Cl2/c1-12-10-15(17(19)11-13(12)2)16(18)9-8-14-6-4-3-5-7-14/h10-11,14,16H,3-9H2,1-2H3. The molecule has 0 N–H and O–H groups in total. The molecule has 0 aromatic heterocycles. The molecule has 0 saturated heterocycles. The van der Waals surface area contributed by atoms with Gasteiger partial charge in [0, 0.05) is 5.02 Å². The van der Waals surface area contributed by atoms with Gasteiger partial charge in [0.1, 0.15) is 0 Å². The van der Waals surface area contributed by atoms with Crippen molar-refractivity contribution in [3.05, 3.63) is 33.8 Å². The molecule has 1 unspecified atom stereocenters. The monoisotopic (exact) mass is 298 g/mol. The number of hydrogen-bond acceptors (Lipinski definition) is 0. The number of rotatable bonds is 4. The molecular weight excluding hydrogens is 275 g/mol. The highest BCUT2D eigenvalue weighted by Gasteiger charge is 2.18. The highest BCUT2D eigenvalue weighted by atomic mass is 35.5. The van der Waals surface area contributed by atoms with Crippen LogP contribution in [0.2, 0.25) is 5.02 Å². The van der Waals surface area contributed by atoms with Crippen LogP contribution in [0.1, 0.15) is 67.0 Å². The Morgan fingerprint density at radius 2 is 1.74 bits per heavy atom. The molecule has 0 radical (unpaired) electrons. The fourth-order valence-corrected chi connectivity index (χ4v) is 3.77. The van der Waals surface area contributed by atoms with Crippen LogP contribution in [0.5, 0.6) is 0 Å². The molecule has 1 fully saturated rings. The summed E-state index contributed by atoms with van der Waals surface area (Å²) in [6.45, 7) is 4.22. The molecule has 1 aliphatic rings. The van der Waals surface area contributed by atoms with E-state index in [4.69, 9.17) is 23.2 Å². The topological polar surface area (TPSA) is 0 Å². The largest absolute Gasteiger partial charge is 0.118 e. The first-order chi connectivity index (χ1) is 9.08. The second-order valence-electron chi connectivity index (χ2n) is 6.01. The van der Waals surface area contributed by atoms with Crippen LogP contribution in [-0.4, -0.2) is 0 Å². The van der Waals surface area contributed by atoms with Gasteiger partial charge in [-0.15, -0.1) is 11.6 Å². The number of hydrogen-bond donors (Lipinski definition) is 0. The lowest BCUT2D eigenvalue weighted by atomic mass is 9.85. The van der Waals surface area contributed by atoms with Crippen LogP contribution in [0, 0.1) is 19.8 Å².